The lowest BCUT2D eigenvalue weighted by Gasteiger charge is -2.23. The maximum Gasteiger partial charge on any atom is 0.255 e. The Morgan fingerprint density at radius 1 is 1.17 bits per heavy atom. The molecule has 3 nitrogen and oxygen atoms in total. The fraction of sp³-hybridized carbons (Fsp3) is 0.211. The van der Waals surface area contributed by atoms with Crippen LogP contribution in [0.2, 0.25) is 0 Å². The number of carbonyl (C=O) groups excluding carboxylic acids is 1. The molecule has 1 aromatic heterocycles. The Morgan fingerprint density at radius 3 is 2.78 bits per heavy atom. The molecule has 0 saturated heterocycles. The highest BCUT2D eigenvalue weighted by Gasteiger charge is 2.33. The molecule has 116 valence electrons. The van der Waals surface area contributed by atoms with Gasteiger partial charge in [0.05, 0.1) is 5.56 Å². The van der Waals surface area contributed by atoms with Gasteiger partial charge >= 0.3 is 0 Å². The van der Waals surface area contributed by atoms with Crippen LogP contribution in [0.25, 0.3) is 10.9 Å². The molecule has 1 amide bonds. The summed E-state index contributed by atoms with van der Waals surface area (Å²) in [5.41, 5.74) is 3.04. The van der Waals surface area contributed by atoms with Crippen LogP contribution < -0.4 is 0 Å². The van der Waals surface area contributed by atoms with Crippen LogP contribution in [0.4, 0.5) is 0 Å². The van der Waals surface area contributed by atoms with E-state index in [1.165, 1.54) is 10.9 Å². The molecule has 23 heavy (non-hydrogen) atoms. The molecule has 2 aromatic carbocycles. The molecule has 0 atom stereocenters. The molecule has 0 unspecified atom stereocenters. The number of carbonyl (C=O) groups is 1. The van der Waals surface area contributed by atoms with Crippen LogP contribution in [0, 0.1) is 0 Å². The van der Waals surface area contributed by atoms with Crippen molar-refractivity contribution in [2.24, 2.45) is 0 Å². The summed E-state index contributed by atoms with van der Waals surface area (Å²) in [6.45, 7) is 0.659. The van der Waals surface area contributed by atoms with Gasteiger partial charge in [-0.2, -0.15) is 0 Å². The summed E-state index contributed by atoms with van der Waals surface area (Å²) < 4.78 is 0.858. The summed E-state index contributed by atoms with van der Waals surface area (Å²) in [4.78, 5) is 18.2. The van der Waals surface area contributed by atoms with Crippen molar-refractivity contribution in [2.75, 3.05) is 0 Å². The summed E-state index contributed by atoms with van der Waals surface area (Å²) in [5, 5.41) is 1.19. The molecule has 4 rings (SSSR count). The van der Waals surface area contributed by atoms with Gasteiger partial charge in [-0.3, -0.25) is 4.79 Å². The van der Waals surface area contributed by atoms with E-state index in [1.54, 1.807) is 0 Å². The van der Waals surface area contributed by atoms with E-state index in [0.29, 0.717) is 12.6 Å². The number of rotatable bonds is 4. The number of H-pyrrole nitrogens is 1. The van der Waals surface area contributed by atoms with Gasteiger partial charge in [0.1, 0.15) is 0 Å². The van der Waals surface area contributed by atoms with Gasteiger partial charge in [0.15, 0.2) is 0 Å². The van der Waals surface area contributed by atoms with Crippen molar-refractivity contribution >= 4 is 32.7 Å². The minimum atomic E-state index is 0.106. The van der Waals surface area contributed by atoms with Gasteiger partial charge in [-0.15, -0.1) is 0 Å². The Kier molecular flexibility index (Phi) is 3.69. The van der Waals surface area contributed by atoms with Crippen LogP contribution in [0.15, 0.2) is 59.2 Å². The molecule has 1 saturated carbocycles. The highest BCUT2D eigenvalue weighted by Crippen LogP contribution is 2.31. The van der Waals surface area contributed by atoms with Crippen LogP contribution in [0.1, 0.15) is 28.8 Å². The summed E-state index contributed by atoms with van der Waals surface area (Å²) in [6, 6.07) is 16.4. The summed E-state index contributed by atoms with van der Waals surface area (Å²) in [5.74, 6) is 0.106. The van der Waals surface area contributed by atoms with Crippen molar-refractivity contribution in [2.45, 2.75) is 25.4 Å². The highest BCUT2D eigenvalue weighted by atomic mass is 79.9. The zero-order valence-corrected chi connectivity index (χ0v) is 14.2. The number of benzene rings is 2. The zero-order valence-electron chi connectivity index (χ0n) is 12.6. The fourth-order valence-electron chi connectivity index (χ4n) is 2.94. The third kappa shape index (κ3) is 2.91. The van der Waals surface area contributed by atoms with Gasteiger partial charge in [0, 0.05) is 28.8 Å². The van der Waals surface area contributed by atoms with E-state index >= 15 is 0 Å². The van der Waals surface area contributed by atoms with E-state index in [0.717, 1.165) is 28.4 Å². The summed E-state index contributed by atoms with van der Waals surface area (Å²) in [6.07, 6.45) is 4.14. The van der Waals surface area contributed by atoms with Gasteiger partial charge in [-0.25, -0.2) is 0 Å². The molecule has 0 spiro atoms. The number of hydrogen-bond acceptors (Lipinski definition) is 1. The second kappa shape index (κ2) is 5.85. The third-order valence-corrected chi connectivity index (χ3v) is 5.01. The number of amides is 1. The molecule has 0 bridgehead atoms. The molecular formula is C19H17BrN2O. The summed E-state index contributed by atoms with van der Waals surface area (Å²) >= 11 is 3.50. The molecule has 1 fully saturated rings. The van der Waals surface area contributed by atoms with E-state index in [-0.39, 0.29) is 5.91 Å². The second-order valence-corrected chi connectivity index (χ2v) is 6.90. The molecule has 1 N–H and O–H groups in total. The molecular weight excluding hydrogens is 352 g/mol. The van der Waals surface area contributed by atoms with Crippen LogP contribution in [0.5, 0.6) is 0 Å². The van der Waals surface area contributed by atoms with E-state index in [2.05, 4.69) is 45.2 Å². The number of nitrogens with one attached hydrogen (secondary N) is 1. The highest BCUT2D eigenvalue weighted by molar-refractivity contribution is 9.10. The van der Waals surface area contributed by atoms with E-state index in [1.807, 2.05) is 35.4 Å². The van der Waals surface area contributed by atoms with Crippen molar-refractivity contribution in [1.29, 1.82) is 0 Å². The lowest BCUT2D eigenvalue weighted by molar-refractivity contribution is 0.0729. The van der Waals surface area contributed by atoms with Crippen molar-refractivity contribution in [3.05, 3.63) is 70.3 Å². The maximum atomic E-state index is 13.0. The lowest BCUT2D eigenvalue weighted by Crippen LogP contribution is -2.32. The van der Waals surface area contributed by atoms with Gasteiger partial charge in [0.25, 0.3) is 5.91 Å². The lowest BCUT2D eigenvalue weighted by atomic mass is 10.1. The van der Waals surface area contributed by atoms with Gasteiger partial charge in [-0.1, -0.05) is 18.2 Å². The summed E-state index contributed by atoms with van der Waals surface area (Å²) in [7, 11) is 0. The molecule has 1 heterocycles. The molecule has 4 heteroatoms. The van der Waals surface area contributed by atoms with E-state index in [4.69, 9.17) is 0 Å². The molecule has 1 aliphatic carbocycles. The Labute approximate surface area is 143 Å². The monoisotopic (exact) mass is 368 g/mol. The van der Waals surface area contributed by atoms with Crippen LogP contribution in [-0.4, -0.2) is 21.8 Å². The predicted molar refractivity (Wildman–Crippen MR) is 95.3 cm³/mol. The molecule has 1 aliphatic rings. The minimum Gasteiger partial charge on any atom is -0.361 e. The predicted octanol–water partition coefficient (Wildman–Crippen LogP) is 4.74. The quantitative estimate of drug-likeness (QED) is 0.709. The Morgan fingerprint density at radius 2 is 2.00 bits per heavy atom. The van der Waals surface area contributed by atoms with Crippen molar-refractivity contribution in [1.82, 2.24) is 9.88 Å². The standard InChI is InChI=1S/C19H17BrN2O/c20-17-4-2-1-3-16(17)19(23)22(15-6-7-15)12-13-5-8-18-14(11-13)9-10-21-18/h1-5,8-11,15,21H,6-7,12H2. The van der Waals surface area contributed by atoms with Gasteiger partial charge in [-0.05, 0) is 70.1 Å². The topological polar surface area (TPSA) is 36.1 Å². The minimum absolute atomic E-state index is 0.106. The van der Waals surface area contributed by atoms with Crippen molar-refractivity contribution < 1.29 is 4.79 Å². The number of aromatic nitrogens is 1. The number of nitrogens with zero attached hydrogens (tertiary/aromatic N) is 1. The van der Waals surface area contributed by atoms with Gasteiger partial charge in [0.2, 0.25) is 0 Å². The Hall–Kier alpha value is -2.07. The van der Waals surface area contributed by atoms with Crippen LogP contribution >= 0.6 is 15.9 Å². The normalized spacial score (nSPS) is 14.1. The molecule has 0 aliphatic heterocycles. The van der Waals surface area contributed by atoms with Gasteiger partial charge < -0.3 is 9.88 Å². The average molecular weight is 369 g/mol. The first-order chi connectivity index (χ1) is 11.2. The van der Waals surface area contributed by atoms with Crippen LogP contribution in [-0.2, 0) is 6.54 Å². The first-order valence-corrected chi connectivity index (χ1v) is 8.63. The van der Waals surface area contributed by atoms with E-state index in [9.17, 15) is 4.79 Å². The number of hydrogen-bond donors (Lipinski definition) is 1. The average Bonchev–Trinajstić information content (AvgIpc) is 3.29. The smallest absolute Gasteiger partial charge is 0.255 e. The fourth-order valence-corrected chi connectivity index (χ4v) is 3.39. The number of aromatic amines is 1. The largest absolute Gasteiger partial charge is 0.361 e. The third-order valence-electron chi connectivity index (χ3n) is 4.32. The Bertz CT molecular complexity index is 866. The molecule has 0 radical (unpaired) electrons. The Balaban J connectivity index is 1.63. The first kappa shape index (κ1) is 14.5. The zero-order chi connectivity index (χ0) is 15.8. The maximum absolute atomic E-state index is 13.0. The number of fused-ring (bicyclic) bond motifs is 1. The van der Waals surface area contributed by atoms with Crippen molar-refractivity contribution in [3.63, 3.8) is 0 Å². The number of halogens is 1. The second-order valence-electron chi connectivity index (χ2n) is 6.04. The first-order valence-electron chi connectivity index (χ1n) is 7.84. The van der Waals surface area contributed by atoms with Crippen molar-refractivity contribution in [3.8, 4) is 0 Å². The van der Waals surface area contributed by atoms with Crippen LogP contribution in [0.3, 0.4) is 0 Å². The molecule has 3 aromatic rings. The van der Waals surface area contributed by atoms with E-state index < -0.39 is 0 Å². The SMILES string of the molecule is O=C(c1ccccc1Br)N(Cc1ccc2[nH]ccc2c1)C1CC1.